The number of hydrogen-bond acceptors (Lipinski definition) is 7. The van der Waals surface area contributed by atoms with Crippen LogP contribution in [-0.2, 0) is 38.8 Å². The van der Waals surface area contributed by atoms with Crippen molar-refractivity contribution in [1.82, 2.24) is 9.80 Å². The minimum absolute atomic E-state index is 0.00626. The first-order valence-electron chi connectivity index (χ1n) is 16.5. The highest BCUT2D eigenvalue weighted by Crippen LogP contribution is 2.30. The number of phenols is 1. The molecule has 0 fully saturated rings. The number of rotatable bonds is 16. The summed E-state index contributed by atoms with van der Waals surface area (Å²) in [5.74, 6) is -0.00626. The number of hydrogen-bond donors (Lipinski definition) is 5. The third-order valence-electron chi connectivity index (χ3n) is 8.69. The summed E-state index contributed by atoms with van der Waals surface area (Å²) < 4.78 is 0. The predicted molar refractivity (Wildman–Crippen MR) is 189 cm³/mol. The smallest absolute Gasteiger partial charge is 0.124 e. The summed E-state index contributed by atoms with van der Waals surface area (Å²) in [6.07, 6.45) is -2.99. The van der Waals surface area contributed by atoms with Gasteiger partial charge in [-0.3, -0.25) is 0 Å². The first-order valence-corrected chi connectivity index (χ1v) is 16.5. The molecule has 48 heavy (non-hydrogen) atoms. The summed E-state index contributed by atoms with van der Waals surface area (Å²) in [6.45, 7) is 2.06. The van der Waals surface area contributed by atoms with Crippen LogP contribution in [0.15, 0.2) is 133 Å². The lowest BCUT2D eigenvalue weighted by molar-refractivity contribution is -0.107. The first-order chi connectivity index (χ1) is 23.3. The Morgan fingerprint density at radius 3 is 0.938 bits per heavy atom. The highest BCUT2D eigenvalue weighted by atomic mass is 16.3. The van der Waals surface area contributed by atoms with Crippen molar-refractivity contribution in [3.63, 3.8) is 0 Å². The van der Waals surface area contributed by atoms with Crippen molar-refractivity contribution in [2.24, 2.45) is 0 Å². The van der Waals surface area contributed by atoms with Crippen molar-refractivity contribution in [3.05, 3.63) is 172 Å². The van der Waals surface area contributed by atoms with E-state index in [1.54, 1.807) is 9.80 Å². The maximum atomic E-state index is 11.7. The molecule has 0 unspecified atom stereocenters. The monoisotopic (exact) mass is 646 g/mol. The minimum Gasteiger partial charge on any atom is -0.507 e. The lowest BCUT2D eigenvalue weighted by Crippen LogP contribution is -2.45. The van der Waals surface area contributed by atoms with Crippen molar-refractivity contribution < 1.29 is 25.5 Å². The van der Waals surface area contributed by atoms with Gasteiger partial charge in [0, 0.05) is 49.9 Å². The van der Waals surface area contributed by atoms with E-state index in [9.17, 15) is 25.5 Å². The van der Waals surface area contributed by atoms with Gasteiger partial charge in [0.05, 0.1) is 0 Å². The second kappa shape index (κ2) is 17.2. The number of aromatic hydroxyl groups is 1. The maximum Gasteiger partial charge on any atom is 0.124 e. The van der Waals surface area contributed by atoms with E-state index in [0.29, 0.717) is 11.1 Å². The van der Waals surface area contributed by atoms with E-state index in [4.69, 9.17) is 0 Å². The molecule has 0 aromatic heterocycles. The van der Waals surface area contributed by atoms with E-state index >= 15 is 0 Å². The van der Waals surface area contributed by atoms with E-state index in [-0.39, 0.29) is 44.5 Å². The Balaban J connectivity index is 1.43. The van der Waals surface area contributed by atoms with Gasteiger partial charge in [0.1, 0.15) is 30.7 Å². The van der Waals surface area contributed by atoms with Gasteiger partial charge >= 0.3 is 0 Å². The summed E-state index contributed by atoms with van der Waals surface area (Å²) in [7, 11) is 0. The van der Waals surface area contributed by atoms with Crippen molar-refractivity contribution in [2.45, 2.75) is 70.6 Å². The molecule has 0 heterocycles. The molecule has 0 amide bonds. The molecule has 7 heteroatoms. The normalized spacial score (nSPS) is 14.1. The fourth-order valence-corrected chi connectivity index (χ4v) is 6.16. The molecule has 0 aliphatic heterocycles. The van der Waals surface area contributed by atoms with Crippen LogP contribution in [0.4, 0.5) is 0 Å². The zero-order valence-corrected chi connectivity index (χ0v) is 27.4. The van der Waals surface area contributed by atoms with Gasteiger partial charge in [-0.05, 0) is 29.2 Å². The number of aliphatic hydroxyl groups is 4. The van der Waals surface area contributed by atoms with Crippen LogP contribution < -0.4 is 0 Å². The van der Waals surface area contributed by atoms with Crippen LogP contribution >= 0.6 is 0 Å². The fourth-order valence-electron chi connectivity index (χ4n) is 6.16. The summed E-state index contributed by atoms with van der Waals surface area (Å²) in [5.41, 5.74) is 5.61. The molecule has 5 N–H and O–H groups in total. The number of aliphatic hydroxyl groups excluding tert-OH is 4. The third kappa shape index (κ3) is 9.84. The van der Waals surface area contributed by atoms with Gasteiger partial charge in [0.2, 0.25) is 0 Å². The van der Waals surface area contributed by atoms with E-state index in [1.807, 2.05) is 140 Å². The van der Waals surface area contributed by atoms with Crippen molar-refractivity contribution in [1.29, 1.82) is 0 Å². The highest BCUT2D eigenvalue weighted by molar-refractivity contribution is 5.44. The van der Waals surface area contributed by atoms with E-state index in [1.165, 1.54) is 0 Å². The van der Waals surface area contributed by atoms with E-state index in [0.717, 1.165) is 27.8 Å². The summed E-state index contributed by atoms with van der Waals surface area (Å²) in [4.78, 5) is 3.20. The molecule has 5 rings (SSSR count). The van der Waals surface area contributed by atoms with Crippen LogP contribution in [0.2, 0.25) is 0 Å². The molecule has 0 spiro atoms. The standard InChI is InChI=1S/C41H46N2O5/c1-30-22-35(28-42(37(44)24-31-14-6-2-7-15-31)38(45)25-32-16-8-3-9-17-32)41(48)36(23-30)29-43(39(46)26-33-18-10-4-11-19-33)40(47)27-34-20-12-5-13-21-34/h2-23,37-40,44-48H,24-29H2,1H3/t37-,38-,39-,40-/m1/s1. The average Bonchev–Trinajstić information content (AvgIpc) is 3.09. The quantitative estimate of drug-likeness (QED) is 0.0896. The SMILES string of the molecule is Cc1cc(CN([C@H](O)Cc2ccccc2)[C@H](O)Cc2ccccc2)c(O)c(CN([C@H](O)Cc2ccccc2)[C@H](O)Cc2ccccc2)c1. The van der Waals surface area contributed by atoms with E-state index < -0.39 is 24.9 Å². The largest absolute Gasteiger partial charge is 0.507 e. The number of benzene rings is 5. The Kier molecular flexibility index (Phi) is 12.5. The minimum atomic E-state index is -1.04. The van der Waals surface area contributed by atoms with Crippen molar-refractivity contribution >= 4 is 0 Å². The molecule has 5 aromatic rings. The van der Waals surface area contributed by atoms with Crippen LogP contribution in [0.3, 0.4) is 0 Å². The highest BCUT2D eigenvalue weighted by Gasteiger charge is 2.28. The summed E-state index contributed by atoms with van der Waals surface area (Å²) >= 11 is 0. The van der Waals surface area contributed by atoms with Crippen molar-refractivity contribution in [2.75, 3.05) is 0 Å². The number of aryl methyl sites for hydroxylation is 1. The predicted octanol–water partition coefficient (Wildman–Crippen LogP) is 5.55. The van der Waals surface area contributed by atoms with Crippen LogP contribution in [0.1, 0.15) is 38.9 Å². The van der Waals surface area contributed by atoms with Gasteiger partial charge in [0.15, 0.2) is 0 Å². The molecule has 0 bridgehead atoms. The molecule has 0 aliphatic rings. The molecular weight excluding hydrogens is 600 g/mol. The first kappa shape index (κ1) is 35.0. The lowest BCUT2D eigenvalue weighted by atomic mass is 10.0. The van der Waals surface area contributed by atoms with Gasteiger partial charge in [-0.15, -0.1) is 0 Å². The molecule has 0 saturated carbocycles. The van der Waals surface area contributed by atoms with Crippen LogP contribution in [0.25, 0.3) is 0 Å². The lowest BCUT2D eigenvalue weighted by Gasteiger charge is -2.34. The summed E-state index contributed by atoms with van der Waals surface area (Å²) in [5, 5.41) is 57.6. The van der Waals surface area contributed by atoms with Crippen LogP contribution in [0, 0.1) is 6.92 Å². The molecule has 250 valence electrons. The second-order valence-electron chi connectivity index (χ2n) is 12.5. The van der Waals surface area contributed by atoms with Gasteiger partial charge in [-0.1, -0.05) is 139 Å². The second-order valence-corrected chi connectivity index (χ2v) is 12.5. The van der Waals surface area contributed by atoms with Crippen LogP contribution in [0.5, 0.6) is 5.75 Å². The molecule has 0 radical (unpaired) electrons. The molecule has 0 saturated heterocycles. The zero-order valence-electron chi connectivity index (χ0n) is 27.4. The Morgan fingerprint density at radius 1 is 0.438 bits per heavy atom. The van der Waals surface area contributed by atoms with Gasteiger partial charge < -0.3 is 25.5 Å². The fraction of sp³-hybridized carbons (Fsp3) is 0.268. The van der Waals surface area contributed by atoms with E-state index in [2.05, 4.69) is 0 Å². The zero-order chi connectivity index (χ0) is 33.9. The number of nitrogens with zero attached hydrogens (tertiary/aromatic N) is 2. The molecule has 7 nitrogen and oxygen atoms in total. The Hall–Kier alpha value is -4.34. The topological polar surface area (TPSA) is 108 Å². The molecule has 0 aliphatic carbocycles. The van der Waals surface area contributed by atoms with Crippen LogP contribution in [-0.4, -0.2) is 60.2 Å². The average molecular weight is 647 g/mol. The molecule has 4 atom stereocenters. The van der Waals surface area contributed by atoms with Gasteiger partial charge in [0.25, 0.3) is 0 Å². The molecular formula is C41H46N2O5. The Morgan fingerprint density at radius 2 is 0.688 bits per heavy atom. The Labute approximate surface area is 283 Å². The van der Waals surface area contributed by atoms with Crippen molar-refractivity contribution in [3.8, 4) is 5.75 Å². The molecule has 5 aromatic carbocycles. The maximum absolute atomic E-state index is 11.7. The summed E-state index contributed by atoms with van der Waals surface area (Å²) in [6, 6.07) is 42.1. The number of phenolic OH excluding ortho intramolecular Hbond substituents is 1. The van der Waals surface area contributed by atoms with Gasteiger partial charge in [-0.25, -0.2) is 9.80 Å². The van der Waals surface area contributed by atoms with Gasteiger partial charge in [-0.2, -0.15) is 0 Å². The Bertz CT molecular complexity index is 1450. The third-order valence-corrected chi connectivity index (χ3v) is 8.69.